The van der Waals surface area contributed by atoms with Gasteiger partial charge in [0.05, 0.1) is 27.4 Å². The summed E-state index contributed by atoms with van der Waals surface area (Å²) < 4.78 is 92.3. The molecular formula is C18H12ClF7N4O. The van der Waals surface area contributed by atoms with Gasteiger partial charge in [0.15, 0.2) is 5.65 Å². The van der Waals surface area contributed by atoms with Crippen molar-refractivity contribution in [2.75, 3.05) is 5.32 Å². The van der Waals surface area contributed by atoms with Crippen molar-refractivity contribution in [3.8, 4) is 0 Å². The third-order valence-electron chi connectivity index (χ3n) is 4.25. The van der Waals surface area contributed by atoms with Crippen molar-refractivity contribution >= 4 is 34.2 Å². The lowest BCUT2D eigenvalue weighted by Gasteiger charge is -2.12. The van der Waals surface area contributed by atoms with E-state index in [9.17, 15) is 35.5 Å². The first-order chi connectivity index (χ1) is 14.4. The zero-order chi connectivity index (χ0) is 23.1. The zero-order valence-corrected chi connectivity index (χ0v) is 16.2. The van der Waals surface area contributed by atoms with E-state index in [0.717, 1.165) is 16.8 Å². The van der Waals surface area contributed by atoms with E-state index < -0.39 is 48.3 Å². The van der Waals surface area contributed by atoms with Gasteiger partial charge < -0.3 is 5.32 Å². The number of hydrogen-bond acceptors (Lipinski definition) is 3. The van der Waals surface area contributed by atoms with Crippen molar-refractivity contribution in [3.63, 3.8) is 0 Å². The summed E-state index contributed by atoms with van der Waals surface area (Å²) in [5.41, 5.74) is -3.41. The number of nitrogens with one attached hydrogen (secondary N) is 1. The average molecular weight is 469 g/mol. The van der Waals surface area contributed by atoms with Crippen molar-refractivity contribution in [3.05, 3.63) is 51.8 Å². The summed E-state index contributed by atoms with van der Waals surface area (Å²) in [5, 5.41) is 5.69. The minimum absolute atomic E-state index is 0.0171. The maximum Gasteiger partial charge on any atom is 0.416 e. The van der Waals surface area contributed by atoms with E-state index in [-0.39, 0.29) is 27.4 Å². The summed E-state index contributed by atoms with van der Waals surface area (Å²) in [6.45, 7) is 0.634. The van der Waals surface area contributed by atoms with E-state index in [2.05, 4.69) is 15.4 Å². The Morgan fingerprint density at radius 1 is 1.16 bits per heavy atom. The number of pyridine rings is 1. The lowest BCUT2D eigenvalue weighted by atomic mass is 10.1. The van der Waals surface area contributed by atoms with Crippen molar-refractivity contribution in [2.24, 2.45) is 0 Å². The average Bonchev–Trinajstić information content (AvgIpc) is 2.97. The molecule has 0 saturated carbocycles. The Labute approximate surface area is 174 Å². The Hall–Kier alpha value is -2.89. The van der Waals surface area contributed by atoms with E-state index in [0.29, 0.717) is 12.1 Å². The third kappa shape index (κ3) is 4.73. The summed E-state index contributed by atoms with van der Waals surface area (Å²) in [6, 6.07) is 2.86. The fourth-order valence-corrected chi connectivity index (χ4v) is 3.09. The molecule has 1 amide bonds. The second-order valence-electron chi connectivity index (χ2n) is 6.42. The molecule has 0 atom stereocenters. The molecule has 13 heteroatoms. The van der Waals surface area contributed by atoms with E-state index in [1.54, 1.807) is 0 Å². The van der Waals surface area contributed by atoms with Gasteiger partial charge in [-0.05, 0) is 31.2 Å². The first kappa shape index (κ1) is 22.8. The number of hydrogen-bond donors (Lipinski definition) is 1. The van der Waals surface area contributed by atoms with Crippen LogP contribution in [0.3, 0.4) is 0 Å². The molecule has 0 radical (unpaired) electrons. The number of aromatic nitrogens is 3. The monoisotopic (exact) mass is 468 g/mol. The van der Waals surface area contributed by atoms with E-state index in [1.807, 2.05) is 0 Å². The third-order valence-corrected chi connectivity index (χ3v) is 4.58. The molecule has 3 rings (SSSR count). The SMILES string of the molecule is Cc1nn(CC(=O)Nc2cc(C(F)(F)F)ccc2Cl)c2nc(C(F)F)cc(C(F)F)c12. The second-order valence-corrected chi connectivity index (χ2v) is 6.83. The van der Waals surface area contributed by atoms with Crippen molar-refractivity contribution in [1.29, 1.82) is 0 Å². The van der Waals surface area contributed by atoms with Crippen LogP contribution >= 0.6 is 11.6 Å². The largest absolute Gasteiger partial charge is 0.416 e. The van der Waals surface area contributed by atoms with E-state index >= 15 is 0 Å². The first-order valence-electron chi connectivity index (χ1n) is 8.49. The van der Waals surface area contributed by atoms with Gasteiger partial charge in [0.25, 0.3) is 12.9 Å². The Morgan fingerprint density at radius 3 is 2.42 bits per heavy atom. The molecule has 5 nitrogen and oxygen atoms in total. The van der Waals surface area contributed by atoms with Crippen LogP contribution in [0.15, 0.2) is 24.3 Å². The van der Waals surface area contributed by atoms with E-state index in [1.165, 1.54) is 6.92 Å². The highest BCUT2D eigenvalue weighted by molar-refractivity contribution is 6.33. The van der Waals surface area contributed by atoms with Crippen molar-refractivity contribution in [1.82, 2.24) is 14.8 Å². The fraction of sp³-hybridized carbons (Fsp3) is 0.278. The van der Waals surface area contributed by atoms with Gasteiger partial charge >= 0.3 is 6.18 Å². The summed E-state index contributed by atoms with van der Waals surface area (Å²) in [6.07, 6.45) is -10.9. The Balaban J connectivity index is 1.96. The molecular weight excluding hydrogens is 457 g/mol. The number of benzene rings is 1. The number of carbonyl (C=O) groups is 1. The van der Waals surface area contributed by atoms with Crippen LogP contribution in [0.4, 0.5) is 36.4 Å². The minimum atomic E-state index is -4.68. The topological polar surface area (TPSA) is 59.8 Å². The van der Waals surface area contributed by atoms with Crippen molar-refractivity contribution in [2.45, 2.75) is 32.5 Å². The predicted molar refractivity (Wildman–Crippen MR) is 97.3 cm³/mol. The molecule has 1 N–H and O–H groups in total. The van der Waals surface area contributed by atoms with Gasteiger partial charge in [-0.1, -0.05) is 11.6 Å². The van der Waals surface area contributed by atoms with Crippen LogP contribution in [0.2, 0.25) is 5.02 Å². The van der Waals surface area contributed by atoms with Crippen LogP contribution in [0.5, 0.6) is 0 Å². The van der Waals surface area contributed by atoms with E-state index in [4.69, 9.17) is 11.6 Å². The number of aryl methyl sites for hydroxylation is 1. The molecule has 0 unspecified atom stereocenters. The van der Waals surface area contributed by atoms with Crippen LogP contribution < -0.4 is 5.32 Å². The molecule has 0 fully saturated rings. The molecule has 166 valence electrons. The van der Waals surface area contributed by atoms with Crippen LogP contribution in [0, 0.1) is 6.92 Å². The molecule has 2 aromatic heterocycles. The number of amides is 1. The number of nitrogens with zero attached hydrogens (tertiary/aromatic N) is 3. The van der Waals surface area contributed by atoms with Crippen LogP contribution in [-0.4, -0.2) is 20.7 Å². The quantitative estimate of drug-likeness (QED) is 0.472. The van der Waals surface area contributed by atoms with Crippen LogP contribution in [-0.2, 0) is 17.5 Å². The number of anilines is 1. The zero-order valence-electron chi connectivity index (χ0n) is 15.4. The van der Waals surface area contributed by atoms with Gasteiger partial charge in [-0.15, -0.1) is 0 Å². The predicted octanol–water partition coefficient (Wildman–Crippen LogP) is 5.93. The van der Waals surface area contributed by atoms with Gasteiger partial charge in [-0.2, -0.15) is 18.3 Å². The smallest absolute Gasteiger partial charge is 0.323 e. The fourth-order valence-electron chi connectivity index (χ4n) is 2.92. The molecule has 1 aromatic carbocycles. The normalized spacial score (nSPS) is 12.2. The summed E-state index contributed by atoms with van der Waals surface area (Å²) in [7, 11) is 0. The molecule has 3 aromatic rings. The Kier molecular flexibility index (Phi) is 6.12. The number of fused-ring (bicyclic) bond motifs is 1. The number of alkyl halides is 7. The maximum atomic E-state index is 13.4. The Bertz CT molecular complexity index is 1140. The number of carbonyl (C=O) groups excluding carboxylic acids is 1. The second kappa shape index (κ2) is 8.33. The van der Waals surface area contributed by atoms with Crippen LogP contribution in [0.1, 0.15) is 35.4 Å². The maximum absolute atomic E-state index is 13.4. The molecule has 0 saturated heterocycles. The molecule has 2 heterocycles. The molecule has 0 aliphatic rings. The Morgan fingerprint density at radius 2 is 1.84 bits per heavy atom. The highest BCUT2D eigenvalue weighted by Gasteiger charge is 2.31. The standard InChI is InChI=1S/C18H12ClF7N4O/c1-7-14-9(15(20)21)5-12(16(22)23)28-17(14)30(29-7)6-13(31)27-11-4-8(18(24,25)26)2-3-10(11)19/h2-5,15-16H,6H2,1H3,(H,27,31). The summed E-state index contributed by atoms with van der Waals surface area (Å²) in [4.78, 5) is 16.0. The highest BCUT2D eigenvalue weighted by atomic mass is 35.5. The summed E-state index contributed by atoms with van der Waals surface area (Å²) >= 11 is 5.82. The number of rotatable bonds is 5. The highest BCUT2D eigenvalue weighted by Crippen LogP contribution is 2.34. The lowest BCUT2D eigenvalue weighted by molar-refractivity contribution is -0.137. The van der Waals surface area contributed by atoms with Gasteiger partial charge in [0.1, 0.15) is 12.2 Å². The molecule has 0 aliphatic heterocycles. The first-order valence-corrected chi connectivity index (χ1v) is 8.87. The molecule has 31 heavy (non-hydrogen) atoms. The molecule has 0 aliphatic carbocycles. The molecule has 0 bridgehead atoms. The number of halogens is 8. The summed E-state index contributed by atoms with van der Waals surface area (Å²) in [5.74, 6) is -0.923. The van der Waals surface area contributed by atoms with Gasteiger partial charge in [0.2, 0.25) is 5.91 Å². The molecule has 0 spiro atoms. The van der Waals surface area contributed by atoms with Crippen molar-refractivity contribution < 1.29 is 35.5 Å². The lowest BCUT2D eigenvalue weighted by Crippen LogP contribution is -2.20. The van der Waals surface area contributed by atoms with Gasteiger partial charge in [-0.3, -0.25) is 4.79 Å². The van der Waals surface area contributed by atoms with Gasteiger partial charge in [0, 0.05) is 5.56 Å². The van der Waals surface area contributed by atoms with Gasteiger partial charge in [-0.25, -0.2) is 27.2 Å². The van der Waals surface area contributed by atoms with Crippen LogP contribution in [0.25, 0.3) is 11.0 Å². The minimum Gasteiger partial charge on any atom is -0.323 e.